The molecule has 1 rings (SSSR count). The van der Waals surface area contributed by atoms with Crippen molar-refractivity contribution in [3.8, 4) is 0 Å². The van der Waals surface area contributed by atoms with E-state index < -0.39 is 0 Å². The van der Waals surface area contributed by atoms with Crippen LogP contribution in [0.5, 0.6) is 0 Å². The number of hydrogen-bond acceptors (Lipinski definition) is 3. The number of ether oxygens (including phenoxy) is 2. The van der Waals surface area contributed by atoms with Gasteiger partial charge in [0.05, 0.1) is 17.4 Å². The molecule has 0 aromatic carbocycles. The molecule has 0 aromatic rings. The van der Waals surface area contributed by atoms with E-state index in [1.807, 2.05) is 13.8 Å². The molecular weight excluding hydrogens is 390 g/mol. The molecule has 0 bridgehead atoms. The summed E-state index contributed by atoms with van der Waals surface area (Å²) in [7, 11) is 0. The van der Waals surface area contributed by atoms with Crippen LogP contribution in [0.2, 0.25) is 0 Å². The van der Waals surface area contributed by atoms with Gasteiger partial charge in [0, 0.05) is 17.6 Å². The highest BCUT2D eigenvalue weighted by atomic mass is 79.9. The molecule has 0 radical (unpaired) electrons. The van der Waals surface area contributed by atoms with Gasteiger partial charge in [-0.05, 0) is 81.3 Å². The summed E-state index contributed by atoms with van der Waals surface area (Å²) in [5.41, 5.74) is 2.29. The summed E-state index contributed by atoms with van der Waals surface area (Å²) in [6.45, 7) is 27.4. The fourth-order valence-corrected chi connectivity index (χ4v) is 3.77. The first-order valence-corrected chi connectivity index (χ1v) is 10.4. The van der Waals surface area contributed by atoms with Crippen LogP contribution in [0.25, 0.3) is 0 Å². The summed E-state index contributed by atoms with van der Waals surface area (Å²) in [6, 6.07) is 0. The van der Waals surface area contributed by atoms with Crippen molar-refractivity contribution >= 4 is 15.9 Å². The molecular formula is C22H38BrNO2. The van der Waals surface area contributed by atoms with Gasteiger partial charge in [0.2, 0.25) is 0 Å². The lowest BCUT2D eigenvalue weighted by molar-refractivity contribution is -0.0553. The van der Waals surface area contributed by atoms with Crippen LogP contribution in [-0.2, 0) is 9.47 Å². The van der Waals surface area contributed by atoms with Crippen LogP contribution in [0.15, 0.2) is 34.7 Å². The number of likely N-dealkylation sites (tertiary alicyclic amines) is 1. The smallest absolute Gasteiger partial charge is 0.138 e. The first-order valence-electron chi connectivity index (χ1n) is 9.57. The van der Waals surface area contributed by atoms with Gasteiger partial charge in [-0.3, -0.25) is 0 Å². The molecule has 1 atom stereocenters. The van der Waals surface area contributed by atoms with Gasteiger partial charge in [0.1, 0.15) is 11.9 Å². The molecule has 0 aliphatic carbocycles. The molecule has 26 heavy (non-hydrogen) atoms. The van der Waals surface area contributed by atoms with Crippen LogP contribution in [-0.4, -0.2) is 35.8 Å². The van der Waals surface area contributed by atoms with Crippen LogP contribution < -0.4 is 0 Å². The van der Waals surface area contributed by atoms with Crippen molar-refractivity contribution in [1.29, 1.82) is 0 Å². The van der Waals surface area contributed by atoms with E-state index in [0.717, 1.165) is 41.7 Å². The molecule has 150 valence electrons. The second-order valence-corrected chi connectivity index (χ2v) is 10.3. The Morgan fingerprint density at radius 3 is 2.00 bits per heavy atom. The van der Waals surface area contributed by atoms with Crippen LogP contribution >= 0.6 is 15.9 Å². The second kappa shape index (κ2) is 8.97. The number of allylic oxidation sites excluding steroid dienone is 1. The Morgan fingerprint density at radius 1 is 1.12 bits per heavy atom. The minimum absolute atomic E-state index is 0.0628. The van der Waals surface area contributed by atoms with E-state index in [1.165, 1.54) is 0 Å². The third kappa shape index (κ3) is 7.11. The van der Waals surface area contributed by atoms with Crippen molar-refractivity contribution in [3.63, 3.8) is 0 Å². The maximum Gasteiger partial charge on any atom is 0.138 e. The summed E-state index contributed by atoms with van der Waals surface area (Å²) < 4.78 is 13.2. The van der Waals surface area contributed by atoms with E-state index in [2.05, 4.69) is 75.5 Å². The maximum atomic E-state index is 6.35. The monoisotopic (exact) mass is 427 g/mol. The summed E-state index contributed by atoms with van der Waals surface area (Å²) in [6.07, 6.45) is 2.08. The average Bonchev–Trinajstić information content (AvgIpc) is 2.44. The quantitative estimate of drug-likeness (QED) is 0.345. The van der Waals surface area contributed by atoms with Gasteiger partial charge in [-0.2, -0.15) is 0 Å². The van der Waals surface area contributed by atoms with Gasteiger partial charge in [-0.1, -0.05) is 27.0 Å². The Bertz CT molecular complexity index is 545. The topological polar surface area (TPSA) is 21.7 Å². The van der Waals surface area contributed by atoms with E-state index in [9.17, 15) is 0 Å². The summed E-state index contributed by atoms with van der Waals surface area (Å²) in [5.74, 6) is 0.649. The Balaban J connectivity index is 3.24. The summed E-state index contributed by atoms with van der Waals surface area (Å²) in [5, 5.41) is 0. The van der Waals surface area contributed by atoms with Gasteiger partial charge in [0.25, 0.3) is 0 Å². The fourth-order valence-electron chi connectivity index (χ4n) is 3.21. The highest BCUT2D eigenvalue weighted by molar-refractivity contribution is 9.11. The standard InChI is InChI=1S/C22H38BrNO2/c1-15(2)25-18(5)20(26-21(6,7)8)16(3)19(17(4)23)24-13-11-22(9,10)12-14-24/h15,20H,4-5,11-14H2,1-3,6-10H3/b19-16-/t20-/m0/s1. The Hall–Kier alpha value is -0.740. The Labute approximate surface area is 169 Å². The summed E-state index contributed by atoms with van der Waals surface area (Å²) in [4.78, 5) is 2.42. The van der Waals surface area contributed by atoms with Crippen molar-refractivity contribution in [2.24, 2.45) is 5.41 Å². The van der Waals surface area contributed by atoms with Crippen LogP contribution in [0, 0.1) is 5.41 Å². The van der Waals surface area contributed by atoms with Crippen LogP contribution in [0.1, 0.15) is 68.2 Å². The zero-order chi connectivity index (χ0) is 20.3. The second-order valence-electron chi connectivity index (χ2n) is 9.33. The van der Waals surface area contributed by atoms with E-state index in [1.54, 1.807) is 0 Å². The highest BCUT2D eigenvalue weighted by Crippen LogP contribution is 2.36. The molecule has 1 fully saturated rings. The summed E-state index contributed by atoms with van der Waals surface area (Å²) >= 11 is 3.63. The molecule has 1 aliphatic heterocycles. The lowest BCUT2D eigenvalue weighted by atomic mass is 9.82. The van der Waals surface area contributed by atoms with E-state index in [4.69, 9.17) is 9.47 Å². The van der Waals surface area contributed by atoms with Gasteiger partial charge in [0.15, 0.2) is 0 Å². The lowest BCUT2D eigenvalue weighted by Crippen LogP contribution is -2.39. The Kier molecular flexibility index (Phi) is 8.04. The zero-order valence-electron chi connectivity index (χ0n) is 18.0. The molecule has 0 unspecified atom stereocenters. The van der Waals surface area contributed by atoms with E-state index in [0.29, 0.717) is 11.2 Å². The van der Waals surface area contributed by atoms with Gasteiger partial charge in [-0.25, -0.2) is 0 Å². The van der Waals surface area contributed by atoms with Gasteiger partial charge < -0.3 is 14.4 Å². The first kappa shape index (κ1) is 23.3. The molecule has 0 aromatic heterocycles. The normalized spacial score (nSPS) is 19.8. The average molecular weight is 428 g/mol. The molecule has 1 aliphatic rings. The van der Waals surface area contributed by atoms with Crippen LogP contribution in [0.4, 0.5) is 0 Å². The third-order valence-electron chi connectivity index (χ3n) is 4.61. The minimum atomic E-state index is -0.309. The SMILES string of the molecule is C=C(Br)/C(=C(\C)[C@H](OC(C)(C)C)C(=C)OC(C)C)N1CCC(C)(C)CC1. The molecule has 3 nitrogen and oxygen atoms in total. The molecule has 0 spiro atoms. The van der Waals surface area contributed by atoms with E-state index in [-0.39, 0.29) is 17.8 Å². The maximum absolute atomic E-state index is 6.35. The fraction of sp³-hybridized carbons (Fsp3) is 0.727. The molecule has 0 N–H and O–H groups in total. The van der Waals surface area contributed by atoms with Gasteiger partial charge in [-0.15, -0.1) is 0 Å². The highest BCUT2D eigenvalue weighted by Gasteiger charge is 2.31. The van der Waals surface area contributed by atoms with Crippen molar-refractivity contribution in [2.75, 3.05) is 13.1 Å². The van der Waals surface area contributed by atoms with Crippen molar-refractivity contribution < 1.29 is 9.47 Å². The predicted octanol–water partition coefficient (Wildman–Crippen LogP) is 6.41. The predicted molar refractivity (Wildman–Crippen MR) is 115 cm³/mol. The molecule has 0 saturated carbocycles. The molecule has 4 heteroatoms. The van der Waals surface area contributed by atoms with E-state index >= 15 is 0 Å². The number of hydrogen-bond donors (Lipinski definition) is 0. The number of nitrogens with zero attached hydrogens (tertiary/aromatic N) is 1. The largest absolute Gasteiger partial charge is 0.493 e. The van der Waals surface area contributed by atoms with Crippen molar-refractivity contribution in [1.82, 2.24) is 4.90 Å². The van der Waals surface area contributed by atoms with Crippen molar-refractivity contribution in [3.05, 3.63) is 34.7 Å². The molecule has 1 saturated heterocycles. The molecule has 1 heterocycles. The number of rotatable bonds is 7. The third-order valence-corrected chi connectivity index (χ3v) is 4.98. The number of piperidine rings is 1. The number of halogens is 1. The van der Waals surface area contributed by atoms with Gasteiger partial charge >= 0.3 is 0 Å². The first-order chi connectivity index (χ1) is 11.7. The zero-order valence-corrected chi connectivity index (χ0v) is 19.6. The lowest BCUT2D eigenvalue weighted by Gasteiger charge is -2.41. The Morgan fingerprint density at radius 2 is 1.62 bits per heavy atom. The minimum Gasteiger partial charge on any atom is -0.493 e. The molecule has 0 amide bonds. The van der Waals surface area contributed by atoms with Crippen molar-refractivity contribution in [2.45, 2.75) is 86.0 Å². The van der Waals surface area contributed by atoms with Crippen LogP contribution in [0.3, 0.4) is 0 Å².